The molecule has 0 aliphatic carbocycles. The number of benzene rings is 2. The zero-order valence-electron chi connectivity index (χ0n) is 11.6. The molecule has 0 fully saturated rings. The second-order valence-electron chi connectivity index (χ2n) is 4.67. The highest BCUT2D eigenvalue weighted by molar-refractivity contribution is 6.30. The summed E-state index contributed by atoms with van der Waals surface area (Å²) in [5.41, 5.74) is 2.10. The standard InChI is InChI=1S/C18H12ClNO2/c19-15-8-4-7-14(11-15)9-10-17-20-16(18(21)22-17)12-13-5-2-1-3-6-13/h1-12H. The maximum absolute atomic E-state index is 11.8. The molecule has 2 aromatic rings. The number of esters is 1. The first-order chi connectivity index (χ1) is 10.7. The van der Waals surface area contributed by atoms with Crippen LogP contribution in [0.4, 0.5) is 0 Å². The van der Waals surface area contributed by atoms with E-state index in [0.717, 1.165) is 11.1 Å². The van der Waals surface area contributed by atoms with Gasteiger partial charge in [0.05, 0.1) is 0 Å². The molecule has 0 aromatic heterocycles. The van der Waals surface area contributed by atoms with Crippen molar-refractivity contribution < 1.29 is 9.53 Å². The summed E-state index contributed by atoms with van der Waals surface area (Å²) in [6.07, 6.45) is 5.14. The molecule has 0 bridgehead atoms. The molecule has 1 aliphatic heterocycles. The molecule has 2 aromatic carbocycles. The summed E-state index contributed by atoms with van der Waals surface area (Å²) in [6.45, 7) is 0. The fourth-order valence-corrected chi connectivity index (χ4v) is 2.18. The molecule has 0 unspecified atom stereocenters. The Morgan fingerprint density at radius 2 is 1.73 bits per heavy atom. The number of halogens is 1. The van der Waals surface area contributed by atoms with Crippen molar-refractivity contribution >= 4 is 35.6 Å². The summed E-state index contributed by atoms with van der Waals surface area (Å²) in [4.78, 5) is 16.0. The van der Waals surface area contributed by atoms with Crippen LogP contribution < -0.4 is 0 Å². The highest BCUT2D eigenvalue weighted by Crippen LogP contribution is 2.17. The van der Waals surface area contributed by atoms with Crippen LogP contribution in [0.2, 0.25) is 5.02 Å². The van der Waals surface area contributed by atoms with Gasteiger partial charge in [-0.25, -0.2) is 9.79 Å². The number of carbonyl (C=O) groups is 1. The molecule has 0 amide bonds. The first-order valence-corrected chi connectivity index (χ1v) is 7.10. The average Bonchev–Trinajstić information content (AvgIpc) is 2.87. The number of cyclic esters (lactones) is 1. The minimum absolute atomic E-state index is 0.271. The molecule has 1 heterocycles. The van der Waals surface area contributed by atoms with Gasteiger partial charge in [-0.05, 0) is 35.4 Å². The van der Waals surface area contributed by atoms with E-state index in [-0.39, 0.29) is 11.6 Å². The number of ether oxygens (including phenoxy) is 1. The van der Waals surface area contributed by atoms with Crippen LogP contribution in [0, 0.1) is 0 Å². The quantitative estimate of drug-likeness (QED) is 0.624. The van der Waals surface area contributed by atoms with Gasteiger partial charge in [-0.3, -0.25) is 0 Å². The Kier molecular flexibility index (Phi) is 4.17. The van der Waals surface area contributed by atoms with E-state index in [1.54, 1.807) is 24.3 Å². The summed E-state index contributed by atoms with van der Waals surface area (Å²) >= 11 is 5.92. The molecule has 0 atom stereocenters. The molecule has 3 rings (SSSR count). The minimum Gasteiger partial charge on any atom is -0.403 e. The molecule has 3 nitrogen and oxygen atoms in total. The van der Waals surface area contributed by atoms with Crippen molar-refractivity contribution in [3.8, 4) is 0 Å². The number of rotatable bonds is 3. The predicted molar refractivity (Wildman–Crippen MR) is 88.4 cm³/mol. The van der Waals surface area contributed by atoms with E-state index in [4.69, 9.17) is 16.3 Å². The van der Waals surface area contributed by atoms with E-state index in [2.05, 4.69) is 4.99 Å². The maximum Gasteiger partial charge on any atom is 0.363 e. The largest absolute Gasteiger partial charge is 0.403 e. The van der Waals surface area contributed by atoms with Crippen molar-refractivity contribution in [3.05, 3.63) is 82.5 Å². The van der Waals surface area contributed by atoms with Crippen LogP contribution in [-0.4, -0.2) is 11.9 Å². The van der Waals surface area contributed by atoms with Gasteiger partial charge >= 0.3 is 5.97 Å². The summed E-state index contributed by atoms with van der Waals surface area (Å²) in [7, 11) is 0. The van der Waals surface area contributed by atoms with E-state index in [1.807, 2.05) is 48.5 Å². The van der Waals surface area contributed by atoms with Gasteiger partial charge < -0.3 is 4.74 Å². The van der Waals surface area contributed by atoms with Crippen LogP contribution in [0.15, 0.2) is 71.4 Å². The molecule has 108 valence electrons. The average molecular weight is 310 g/mol. The lowest BCUT2D eigenvalue weighted by molar-refractivity contribution is -0.129. The number of hydrogen-bond acceptors (Lipinski definition) is 3. The zero-order valence-corrected chi connectivity index (χ0v) is 12.3. The van der Waals surface area contributed by atoms with Gasteiger partial charge in [0.15, 0.2) is 5.70 Å². The lowest BCUT2D eigenvalue weighted by Crippen LogP contribution is -2.01. The van der Waals surface area contributed by atoms with Crippen molar-refractivity contribution in [2.45, 2.75) is 0 Å². The van der Waals surface area contributed by atoms with Crippen molar-refractivity contribution in [1.29, 1.82) is 0 Å². The van der Waals surface area contributed by atoms with Crippen LogP contribution in [0.1, 0.15) is 11.1 Å². The summed E-state index contributed by atoms with van der Waals surface area (Å²) in [5, 5.41) is 0.650. The molecular weight excluding hydrogens is 298 g/mol. The Bertz CT molecular complexity index is 792. The van der Waals surface area contributed by atoms with Crippen molar-refractivity contribution in [2.75, 3.05) is 0 Å². The van der Waals surface area contributed by atoms with Gasteiger partial charge in [0.25, 0.3) is 0 Å². The molecule has 1 aliphatic rings. The summed E-state index contributed by atoms with van der Waals surface area (Å²) in [5.74, 6) is -0.179. The molecule has 0 saturated carbocycles. The normalized spacial score (nSPS) is 16.1. The molecule has 0 saturated heterocycles. The maximum atomic E-state index is 11.8. The van der Waals surface area contributed by atoms with Gasteiger partial charge in [-0.1, -0.05) is 54.1 Å². The molecular formula is C18H12ClNO2. The van der Waals surface area contributed by atoms with Gasteiger partial charge in [0, 0.05) is 11.1 Å². The SMILES string of the molecule is O=C1OC(C=Cc2cccc(Cl)c2)=NC1=Cc1ccccc1. The highest BCUT2D eigenvalue weighted by atomic mass is 35.5. The van der Waals surface area contributed by atoms with Gasteiger partial charge in [0.1, 0.15) is 0 Å². The molecule has 0 spiro atoms. The summed E-state index contributed by atoms with van der Waals surface area (Å²) in [6, 6.07) is 16.9. The first-order valence-electron chi connectivity index (χ1n) is 6.72. The first kappa shape index (κ1) is 14.3. The van der Waals surface area contributed by atoms with Crippen LogP contribution in [-0.2, 0) is 9.53 Å². The van der Waals surface area contributed by atoms with Gasteiger partial charge in [-0.2, -0.15) is 0 Å². The van der Waals surface area contributed by atoms with Gasteiger partial charge in [-0.15, -0.1) is 0 Å². The van der Waals surface area contributed by atoms with Crippen molar-refractivity contribution in [3.63, 3.8) is 0 Å². The predicted octanol–water partition coefficient (Wildman–Crippen LogP) is 4.35. The van der Waals surface area contributed by atoms with Crippen molar-refractivity contribution in [2.24, 2.45) is 4.99 Å². The fraction of sp³-hybridized carbons (Fsp3) is 0. The number of carbonyl (C=O) groups excluding carboxylic acids is 1. The second-order valence-corrected chi connectivity index (χ2v) is 5.10. The lowest BCUT2D eigenvalue weighted by Gasteiger charge is -1.94. The van der Waals surface area contributed by atoms with Crippen LogP contribution in [0.5, 0.6) is 0 Å². The van der Waals surface area contributed by atoms with E-state index in [9.17, 15) is 4.79 Å². The minimum atomic E-state index is -0.449. The third-order valence-electron chi connectivity index (χ3n) is 3.01. The Balaban J connectivity index is 1.80. The van der Waals surface area contributed by atoms with Crippen LogP contribution in [0.3, 0.4) is 0 Å². The van der Waals surface area contributed by atoms with Crippen LogP contribution in [0.25, 0.3) is 12.2 Å². The van der Waals surface area contributed by atoms with E-state index < -0.39 is 5.97 Å². The molecule has 4 heteroatoms. The number of nitrogens with zero attached hydrogens (tertiary/aromatic N) is 1. The zero-order chi connectivity index (χ0) is 15.4. The Hall–Kier alpha value is -2.65. The third kappa shape index (κ3) is 3.51. The Morgan fingerprint density at radius 3 is 2.50 bits per heavy atom. The van der Waals surface area contributed by atoms with E-state index in [1.165, 1.54) is 0 Å². The topological polar surface area (TPSA) is 38.7 Å². The molecule has 0 N–H and O–H groups in total. The monoisotopic (exact) mass is 309 g/mol. The van der Waals surface area contributed by atoms with E-state index >= 15 is 0 Å². The fourth-order valence-electron chi connectivity index (χ4n) is 1.98. The van der Waals surface area contributed by atoms with E-state index in [0.29, 0.717) is 5.02 Å². The molecule has 22 heavy (non-hydrogen) atoms. The number of hydrogen-bond donors (Lipinski definition) is 0. The van der Waals surface area contributed by atoms with Crippen LogP contribution >= 0.6 is 11.6 Å². The van der Waals surface area contributed by atoms with Gasteiger partial charge in [0.2, 0.25) is 5.90 Å². The second kappa shape index (κ2) is 6.41. The Morgan fingerprint density at radius 1 is 0.955 bits per heavy atom. The lowest BCUT2D eigenvalue weighted by atomic mass is 10.2. The number of aliphatic imine (C=N–C) groups is 1. The van der Waals surface area contributed by atoms with Crippen molar-refractivity contribution in [1.82, 2.24) is 0 Å². The highest BCUT2D eigenvalue weighted by Gasteiger charge is 2.20. The molecule has 0 radical (unpaired) electrons. The third-order valence-corrected chi connectivity index (χ3v) is 3.24. The Labute approximate surface area is 133 Å². The summed E-state index contributed by atoms with van der Waals surface area (Å²) < 4.78 is 5.12. The smallest absolute Gasteiger partial charge is 0.363 e.